The minimum Gasteiger partial charge on any atom is -0.342 e. The van der Waals surface area contributed by atoms with Crippen LogP contribution in [0.1, 0.15) is 43.7 Å². The van der Waals surface area contributed by atoms with Gasteiger partial charge in [0, 0.05) is 18.0 Å². The molecule has 9 nitrogen and oxygen atoms in total. The van der Waals surface area contributed by atoms with Crippen molar-refractivity contribution < 1.29 is 27.2 Å². The number of carbonyl (C=O) groups excluding carboxylic acids is 2. The number of anilines is 1. The molecule has 0 spiro atoms. The third-order valence-corrected chi connectivity index (χ3v) is 6.25. The number of alkyl halides is 3. The van der Waals surface area contributed by atoms with Gasteiger partial charge in [-0.25, -0.2) is 24.3 Å². The smallest absolute Gasteiger partial charge is 0.342 e. The van der Waals surface area contributed by atoms with Gasteiger partial charge in [-0.05, 0) is 25.1 Å². The van der Waals surface area contributed by atoms with Gasteiger partial charge in [0.15, 0.2) is 0 Å². The lowest BCUT2D eigenvalue weighted by Gasteiger charge is -2.11. The summed E-state index contributed by atoms with van der Waals surface area (Å²) < 4.78 is 52.6. The average Bonchev–Trinajstić information content (AvgIpc) is 3.35. The lowest BCUT2D eigenvalue weighted by atomic mass is 10.2. The maximum absolute atomic E-state index is 13.5. The van der Waals surface area contributed by atoms with Crippen molar-refractivity contribution in [3.8, 4) is 11.3 Å². The van der Waals surface area contributed by atoms with Gasteiger partial charge in [-0.15, -0.1) is 11.3 Å². The van der Waals surface area contributed by atoms with Crippen LogP contribution in [-0.2, 0) is 6.18 Å². The molecule has 0 bridgehead atoms. The number of pyridine rings is 2. The third-order valence-electron chi connectivity index (χ3n) is 4.77. The molecule has 4 rings (SSSR count). The fourth-order valence-electron chi connectivity index (χ4n) is 3.02. The Bertz CT molecular complexity index is 1480. The number of nitrogens with one attached hydrogen (secondary N) is 2. The molecule has 4 aromatic rings. The number of rotatable bonds is 6. The fourth-order valence-corrected chi connectivity index (χ4v) is 4.04. The Kier molecular flexibility index (Phi) is 7.40. The summed E-state index contributed by atoms with van der Waals surface area (Å²) in [4.78, 5) is 44.8. The van der Waals surface area contributed by atoms with Crippen LogP contribution in [0.15, 0.2) is 49.3 Å². The number of hydrogen-bond donors (Lipinski definition) is 2. The zero-order valence-corrected chi connectivity index (χ0v) is 20.1. The van der Waals surface area contributed by atoms with Crippen molar-refractivity contribution in [3.63, 3.8) is 0 Å². The number of hydrogen-bond acceptors (Lipinski definition) is 8. The molecule has 0 aromatic carbocycles. The first-order valence-electron chi connectivity index (χ1n) is 10.2. The maximum Gasteiger partial charge on any atom is 0.418 e. The fraction of sp³-hybridized carbons (Fsp3) is 0.136. The van der Waals surface area contributed by atoms with E-state index < -0.39 is 40.4 Å². The van der Waals surface area contributed by atoms with Gasteiger partial charge in [0.25, 0.3) is 11.8 Å². The summed E-state index contributed by atoms with van der Waals surface area (Å²) in [7, 11) is 0. The molecule has 1 unspecified atom stereocenters. The third kappa shape index (κ3) is 6.21. The molecule has 0 aliphatic rings. The molecule has 2 amide bonds. The second-order valence-electron chi connectivity index (χ2n) is 7.44. The molecule has 37 heavy (non-hydrogen) atoms. The molecule has 0 saturated heterocycles. The van der Waals surface area contributed by atoms with Crippen molar-refractivity contribution >= 4 is 40.6 Å². The molecule has 190 valence electrons. The van der Waals surface area contributed by atoms with E-state index in [9.17, 15) is 27.2 Å². The summed E-state index contributed by atoms with van der Waals surface area (Å²) in [6.45, 7) is 1.62. The van der Waals surface area contributed by atoms with E-state index in [0.29, 0.717) is 16.6 Å². The van der Waals surface area contributed by atoms with Gasteiger partial charge in [0.05, 0.1) is 34.7 Å². The monoisotopic (exact) mass is 551 g/mol. The highest BCUT2D eigenvalue weighted by molar-refractivity contribution is 7.13. The lowest BCUT2D eigenvalue weighted by molar-refractivity contribution is -0.137. The van der Waals surface area contributed by atoms with E-state index in [-0.39, 0.29) is 22.1 Å². The molecular formula is C22H14ClF4N7O2S. The van der Waals surface area contributed by atoms with Gasteiger partial charge >= 0.3 is 6.18 Å². The predicted octanol–water partition coefficient (Wildman–Crippen LogP) is 4.94. The number of aromatic nitrogens is 5. The van der Waals surface area contributed by atoms with Crippen LogP contribution < -0.4 is 10.6 Å². The average molecular weight is 552 g/mol. The molecule has 15 heteroatoms. The van der Waals surface area contributed by atoms with E-state index in [0.717, 1.165) is 30.1 Å². The molecule has 0 fully saturated rings. The van der Waals surface area contributed by atoms with Crippen molar-refractivity contribution in [1.29, 1.82) is 0 Å². The molecule has 0 aliphatic heterocycles. The second-order valence-corrected chi connectivity index (χ2v) is 8.91. The van der Waals surface area contributed by atoms with Gasteiger partial charge in [0.1, 0.15) is 33.5 Å². The first kappa shape index (κ1) is 26.0. The first-order valence-corrected chi connectivity index (χ1v) is 11.4. The van der Waals surface area contributed by atoms with Crippen molar-refractivity contribution in [2.24, 2.45) is 0 Å². The highest BCUT2D eigenvalue weighted by atomic mass is 35.5. The van der Waals surface area contributed by atoms with Crippen LogP contribution >= 0.6 is 22.9 Å². The Balaban J connectivity index is 1.43. The van der Waals surface area contributed by atoms with E-state index >= 15 is 0 Å². The van der Waals surface area contributed by atoms with E-state index in [4.69, 9.17) is 11.6 Å². The summed E-state index contributed by atoms with van der Waals surface area (Å²) >= 11 is 6.46. The molecule has 2 N–H and O–H groups in total. The SMILES string of the molecule is CC(NC(=O)c1cc(-c2cncc(F)c2)ncn1)c1ncc(C(=O)Nc2cc(C(F)(F)F)c(Cl)cn2)s1. The van der Waals surface area contributed by atoms with Gasteiger partial charge < -0.3 is 10.6 Å². The number of halogens is 5. The summed E-state index contributed by atoms with van der Waals surface area (Å²) in [6.07, 6.45) is 0.872. The minimum atomic E-state index is -4.72. The normalized spacial score (nSPS) is 12.2. The highest BCUT2D eigenvalue weighted by Gasteiger charge is 2.34. The molecule has 4 heterocycles. The van der Waals surface area contributed by atoms with Gasteiger partial charge in [-0.3, -0.25) is 14.6 Å². The van der Waals surface area contributed by atoms with Crippen LogP contribution in [0.2, 0.25) is 5.02 Å². The largest absolute Gasteiger partial charge is 0.418 e. The van der Waals surface area contributed by atoms with E-state index in [1.807, 2.05) is 0 Å². The Morgan fingerprint density at radius 1 is 1.00 bits per heavy atom. The predicted molar refractivity (Wildman–Crippen MR) is 125 cm³/mol. The quantitative estimate of drug-likeness (QED) is 0.325. The summed E-state index contributed by atoms with van der Waals surface area (Å²) in [5, 5.41) is 4.70. The molecule has 1 atom stereocenters. The zero-order valence-electron chi connectivity index (χ0n) is 18.5. The van der Waals surface area contributed by atoms with Crippen molar-refractivity contribution in [2.75, 3.05) is 5.32 Å². The van der Waals surface area contributed by atoms with Crippen LogP contribution in [0.3, 0.4) is 0 Å². The van der Waals surface area contributed by atoms with Gasteiger partial charge in [-0.1, -0.05) is 11.6 Å². The Morgan fingerprint density at radius 2 is 1.78 bits per heavy atom. The van der Waals surface area contributed by atoms with Crippen molar-refractivity contribution in [1.82, 2.24) is 30.2 Å². The standard InChI is InChI=1S/C22H14ClF4N7O2S/c1-10(33-19(35)16-4-15(31-9-32-16)11-2-12(24)6-28-5-11)21-30-8-17(37-21)20(36)34-18-3-13(22(25,26)27)14(23)7-29-18/h2-10H,1H3,(H,33,35)(H,29,34,36). The Hall–Kier alpha value is -4.04. The molecule has 0 aliphatic carbocycles. The Morgan fingerprint density at radius 3 is 2.51 bits per heavy atom. The summed E-state index contributed by atoms with van der Waals surface area (Å²) in [5.41, 5.74) is -0.484. The van der Waals surface area contributed by atoms with Crippen LogP contribution in [0.5, 0.6) is 0 Å². The number of carbonyl (C=O) groups is 2. The maximum atomic E-state index is 13.5. The van der Waals surface area contributed by atoms with E-state index in [1.165, 1.54) is 24.5 Å². The molecule has 0 saturated carbocycles. The zero-order chi connectivity index (χ0) is 26.7. The lowest BCUT2D eigenvalue weighted by Crippen LogP contribution is -2.27. The highest BCUT2D eigenvalue weighted by Crippen LogP contribution is 2.35. The molecule has 4 aromatic heterocycles. The first-order chi connectivity index (χ1) is 17.5. The molecule has 0 radical (unpaired) electrons. The number of nitrogens with zero attached hydrogens (tertiary/aromatic N) is 5. The van der Waals surface area contributed by atoms with Crippen LogP contribution in [0, 0.1) is 5.82 Å². The minimum absolute atomic E-state index is 0.00455. The van der Waals surface area contributed by atoms with Crippen molar-refractivity contribution in [3.05, 3.63) is 81.3 Å². The van der Waals surface area contributed by atoms with E-state index in [1.54, 1.807) is 6.92 Å². The van der Waals surface area contributed by atoms with Crippen LogP contribution in [-0.4, -0.2) is 36.7 Å². The topological polar surface area (TPSA) is 123 Å². The van der Waals surface area contributed by atoms with Gasteiger partial charge in [-0.2, -0.15) is 13.2 Å². The van der Waals surface area contributed by atoms with Crippen LogP contribution in [0.4, 0.5) is 23.4 Å². The second kappa shape index (κ2) is 10.5. The number of thiazole rings is 1. The van der Waals surface area contributed by atoms with E-state index in [2.05, 4.69) is 35.6 Å². The number of amides is 2. The summed E-state index contributed by atoms with van der Waals surface area (Å²) in [5.74, 6) is -2.22. The van der Waals surface area contributed by atoms with Gasteiger partial charge in [0.2, 0.25) is 0 Å². The van der Waals surface area contributed by atoms with Crippen LogP contribution in [0.25, 0.3) is 11.3 Å². The van der Waals surface area contributed by atoms with Crippen molar-refractivity contribution in [2.45, 2.75) is 19.1 Å². The molecular weight excluding hydrogens is 538 g/mol. The summed E-state index contributed by atoms with van der Waals surface area (Å²) in [6, 6.07) is 2.55. The Labute approximate surface area is 215 Å².